The average Bonchev–Trinajstić information content (AvgIpc) is 2.79. The van der Waals surface area contributed by atoms with Crippen molar-refractivity contribution in [2.75, 3.05) is 6.26 Å². The highest BCUT2D eigenvalue weighted by Gasteiger charge is 2.21. The molecule has 0 radical (unpaired) electrons. The number of sulfone groups is 1. The number of pyridine rings is 1. The quantitative estimate of drug-likeness (QED) is 0.666. The molecule has 29 heavy (non-hydrogen) atoms. The minimum Gasteiger partial charge on any atom is -0.318 e. The van der Waals surface area contributed by atoms with Crippen LogP contribution in [-0.2, 0) is 29.2 Å². The Bertz CT molecular complexity index is 1310. The molecule has 3 aromatic rings. The number of aromatic nitrogens is 1. The van der Waals surface area contributed by atoms with Crippen molar-refractivity contribution in [3.63, 3.8) is 0 Å². The Morgan fingerprint density at radius 1 is 1.03 bits per heavy atom. The SMILES string of the molecule is Cn1cc2c(cc1=O)CN=C(c1ccc(F)cc1)c1ccc(CS(C)(=O)=O)cc1-2. The molecule has 2 aromatic carbocycles. The van der Waals surface area contributed by atoms with E-state index in [-0.39, 0.29) is 17.1 Å². The summed E-state index contributed by atoms with van der Waals surface area (Å²) in [6, 6.07) is 13.1. The summed E-state index contributed by atoms with van der Waals surface area (Å²) >= 11 is 0. The van der Waals surface area contributed by atoms with Crippen molar-refractivity contribution in [1.29, 1.82) is 0 Å². The molecule has 1 aliphatic heterocycles. The van der Waals surface area contributed by atoms with Crippen LogP contribution in [0, 0.1) is 5.82 Å². The third kappa shape index (κ3) is 3.91. The van der Waals surface area contributed by atoms with E-state index in [9.17, 15) is 17.6 Å². The number of hydrogen-bond acceptors (Lipinski definition) is 4. The lowest BCUT2D eigenvalue weighted by molar-refractivity contribution is 0.601. The van der Waals surface area contributed by atoms with Crippen molar-refractivity contribution in [3.05, 3.63) is 93.2 Å². The average molecular weight is 410 g/mol. The first-order valence-corrected chi connectivity index (χ1v) is 11.1. The van der Waals surface area contributed by atoms with E-state index in [1.165, 1.54) is 23.0 Å². The first kappa shape index (κ1) is 19.3. The highest BCUT2D eigenvalue weighted by molar-refractivity contribution is 7.89. The molecule has 0 spiro atoms. The zero-order valence-corrected chi connectivity index (χ0v) is 16.8. The number of aryl methyl sites for hydroxylation is 1. The summed E-state index contributed by atoms with van der Waals surface area (Å²) in [7, 11) is -1.53. The van der Waals surface area contributed by atoms with Crippen LogP contribution in [0.4, 0.5) is 4.39 Å². The minimum atomic E-state index is -3.20. The van der Waals surface area contributed by atoms with Gasteiger partial charge in [-0.15, -0.1) is 0 Å². The summed E-state index contributed by atoms with van der Waals surface area (Å²) in [6.45, 7) is 0.300. The van der Waals surface area contributed by atoms with Gasteiger partial charge in [0.15, 0.2) is 9.84 Å². The molecule has 5 nitrogen and oxygen atoms in total. The smallest absolute Gasteiger partial charge is 0.250 e. The van der Waals surface area contributed by atoms with Gasteiger partial charge in [-0.1, -0.05) is 12.1 Å². The lowest BCUT2D eigenvalue weighted by Gasteiger charge is -2.14. The molecule has 1 aliphatic rings. The van der Waals surface area contributed by atoms with Gasteiger partial charge in [0, 0.05) is 42.3 Å². The molecule has 0 N–H and O–H groups in total. The number of hydrogen-bond donors (Lipinski definition) is 0. The van der Waals surface area contributed by atoms with Crippen LogP contribution in [0.1, 0.15) is 22.3 Å². The number of benzene rings is 2. The summed E-state index contributed by atoms with van der Waals surface area (Å²) in [4.78, 5) is 16.9. The van der Waals surface area contributed by atoms with Gasteiger partial charge in [-0.25, -0.2) is 12.8 Å². The molecule has 0 atom stereocenters. The Balaban J connectivity index is 1.97. The second-order valence-corrected chi connectivity index (χ2v) is 9.42. The Morgan fingerprint density at radius 3 is 2.45 bits per heavy atom. The van der Waals surface area contributed by atoms with E-state index in [4.69, 9.17) is 4.99 Å². The number of fused-ring (bicyclic) bond motifs is 3. The maximum Gasteiger partial charge on any atom is 0.250 e. The van der Waals surface area contributed by atoms with Crippen LogP contribution in [0.5, 0.6) is 0 Å². The highest BCUT2D eigenvalue weighted by atomic mass is 32.2. The molecule has 148 valence electrons. The lowest BCUT2D eigenvalue weighted by Crippen LogP contribution is -2.16. The van der Waals surface area contributed by atoms with Crippen molar-refractivity contribution in [1.82, 2.24) is 4.57 Å². The normalized spacial score (nSPS) is 13.3. The zero-order chi connectivity index (χ0) is 20.8. The second-order valence-electron chi connectivity index (χ2n) is 7.28. The van der Waals surface area contributed by atoms with E-state index in [2.05, 4.69) is 0 Å². The lowest BCUT2D eigenvalue weighted by atomic mass is 9.92. The third-order valence-corrected chi connectivity index (χ3v) is 5.76. The van der Waals surface area contributed by atoms with Gasteiger partial charge >= 0.3 is 0 Å². The molecule has 0 unspecified atom stereocenters. The van der Waals surface area contributed by atoms with Crippen molar-refractivity contribution in [2.45, 2.75) is 12.3 Å². The topological polar surface area (TPSA) is 68.5 Å². The summed E-state index contributed by atoms with van der Waals surface area (Å²) in [5, 5.41) is 0. The van der Waals surface area contributed by atoms with Crippen molar-refractivity contribution < 1.29 is 12.8 Å². The zero-order valence-electron chi connectivity index (χ0n) is 16.0. The van der Waals surface area contributed by atoms with Crippen molar-refractivity contribution in [2.24, 2.45) is 12.0 Å². The van der Waals surface area contributed by atoms with Crippen molar-refractivity contribution in [3.8, 4) is 11.1 Å². The number of aliphatic imine (C=N–C) groups is 1. The van der Waals surface area contributed by atoms with E-state index >= 15 is 0 Å². The van der Waals surface area contributed by atoms with Crippen LogP contribution < -0.4 is 5.56 Å². The van der Waals surface area contributed by atoms with Gasteiger partial charge in [0.05, 0.1) is 18.0 Å². The molecule has 2 heterocycles. The second kappa shape index (κ2) is 7.08. The van der Waals surface area contributed by atoms with Crippen LogP contribution >= 0.6 is 0 Å². The molecule has 0 saturated heterocycles. The number of halogens is 1. The summed E-state index contributed by atoms with van der Waals surface area (Å²) in [5.41, 5.74) is 5.16. The van der Waals surface area contributed by atoms with Gasteiger partial charge in [-0.3, -0.25) is 9.79 Å². The predicted octanol–water partition coefficient (Wildman–Crippen LogP) is 3.09. The molecule has 0 saturated carbocycles. The maximum absolute atomic E-state index is 13.4. The molecule has 7 heteroatoms. The van der Waals surface area contributed by atoms with E-state index in [0.717, 1.165) is 27.8 Å². The monoisotopic (exact) mass is 410 g/mol. The van der Waals surface area contributed by atoms with Gasteiger partial charge in [-0.05, 0) is 47.0 Å². The standard InChI is InChI=1S/C22H19FN2O3S/c1-25-12-20-16(10-21(25)26)11-24-22(15-4-6-17(23)7-5-15)18-8-3-14(9-19(18)20)13-29(2,27)28/h3-10,12H,11,13H2,1-2H3. The van der Waals surface area contributed by atoms with E-state index in [1.807, 2.05) is 12.1 Å². The summed E-state index contributed by atoms with van der Waals surface area (Å²) in [5.74, 6) is -0.414. The van der Waals surface area contributed by atoms with Crippen LogP contribution in [0.2, 0.25) is 0 Å². The fourth-order valence-corrected chi connectivity index (χ4v) is 4.34. The van der Waals surface area contributed by atoms with Gasteiger partial charge < -0.3 is 4.57 Å². The first-order valence-electron chi connectivity index (χ1n) is 9.02. The number of nitrogens with zero attached hydrogens (tertiary/aromatic N) is 2. The molecule has 1 aromatic heterocycles. The van der Waals surface area contributed by atoms with E-state index in [1.54, 1.807) is 37.5 Å². The van der Waals surface area contributed by atoms with Gasteiger partial charge in [0.2, 0.25) is 0 Å². The molecular formula is C22H19FN2O3S. The van der Waals surface area contributed by atoms with Crippen LogP contribution in [0.25, 0.3) is 11.1 Å². The van der Waals surface area contributed by atoms with Crippen LogP contribution in [0.15, 0.2) is 64.5 Å². The minimum absolute atomic E-state index is 0.0790. The van der Waals surface area contributed by atoms with E-state index < -0.39 is 9.84 Å². The third-order valence-electron chi connectivity index (χ3n) is 4.90. The fourth-order valence-electron chi connectivity index (χ4n) is 3.56. The van der Waals surface area contributed by atoms with E-state index in [0.29, 0.717) is 17.8 Å². The molecule has 0 aliphatic carbocycles. The Morgan fingerprint density at radius 2 is 1.76 bits per heavy atom. The molecular weight excluding hydrogens is 391 g/mol. The Hall–Kier alpha value is -3.06. The van der Waals surface area contributed by atoms with Gasteiger partial charge in [0.1, 0.15) is 5.82 Å². The molecule has 0 amide bonds. The first-order chi connectivity index (χ1) is 13.7. The van der Waals surface area contributed by atoms with Gasteiger partial charge in [0.25, 0.3) is 5.56 Å². The van der Waals surface area contributed by atoms with Crippen LogP contribution in [0.3, 0.4) is 0 Å². The van der Waals surface area contributed by atoms with Gasteiger partial charge in [-0.2, -0.15) is 0 Å². The predicted molar refractivity (Wildman–Crippen MR) is 111 cm³/mol. The van der Waals surface area contributed by atoms with Crippen molar-refractivity contribution >= 4 is 15.5 Å². The highest BCUT2D eigenvalue weighted by Crippen LogP contribution is 2.33. The van der Waals surface area contributed by atoms with Crippen LogP contribution in [-0.4, -0.2) is 25.0 Å². The maximum atomic E-state index is 13.4. The fraction of sp³-hybridized carbons (Fsp3) is 0.182. The molecule has 4 rings (SSSR count). The summed E-state index contributed by atoms with van der Waals surface area (Å²) in [6.07, 6.45) is 2.95. The number of rotatable bonds is 3. The molecule has 0 fully saturated rings. The Kier molecular flexibility index (Phi) is 4.70. The summed E-state index contributed by atoms with van der Waals surface area (Å²) < 4.78 is 38.5. The molecule has 0 bridgehead atoms. The largest absolute Gasteiger partial charge is 0.318 e. The Labute approximate surface area is 168 Å².